The molecule has 1 N–H and O–H groups in total. The minimum absolute atomic E-state index is 0.0749. The van der Waals surface area contributed by atoms with Crippen molar-refractivity contribution in [1.82, 2.24) is 29.0 Å². The van der Waals surface area contributed by atoms with Gasteiger partial charge < -0.3 is 9.88 Å². The van der Waals surface area contributed by atoms with Crippen LogP contribution in [0.2, 0.25) is 5.02 Å². The second-order valence-electron chi connectivity index (χ2n) is 11.1. The van der Waals surface area contributed by atoms with Crippen molar-refractivity contribution in [3.8, 4) is 16.9 Å². The lowest BCUT2D eigenvalue weighted by molar-refractivity contribution is 0.0651. The molecule has 4 heterocycles. The SMILES string of the molecule is Cc1nc[nH]c1-c1ccc(-n2c(=O)c3c(n4ncc(CC(C)C)c24)CN(C(=O)c2ccc(Br)c(Cl)c2)[C@@H](C)C3)cc1. The first-order valence-electron chi connectivity index (χ1n) is 13.6. The Kier molecular flexibility index (Phi) is 7.11. The molecule has 8 nitrogen and oxygen atoms in total. The van der Waals surface area contributed by atoms with Crippen molar-refractivity contribution in [3.05, 3.63) is 103 Å². The minimum Gasteiger partial charge on any atom is -0.344 e. The number of hydrogen-bond acceptors (Lipinski definition) is 4. The zero-order valence-electron chi connectivity index (χ0n) is 23.3. The Bertz CT molecular complexity index is 1850. The number of halogens is 2. The number of aromatic nitrogens is 5. The number of fused-ring (bicyclic) bond motifs is 3. The Morgan fingerprint density at radius 3 is 2.61 bits per heavy atom. The zero-order valence-corrected chi connectivity index (χ0v) is 25.6. The van der Waals surface area contributed by atoms with Gasteiger partial charge in [0.15, 0.2) is 0 Å². The predicted molar refractivity (Wildman–Crippen MR) is 164 cm³/mol. The lowest BCUT2D eigenvalue weighted by Crippen LogP contribution is -2.46. The monoisotopic (exact) mass is 632 g/mol. The fourth-order valence-electron chi connectivity index (χ4n) is 5.71. The largest absolute Gasteiger partial charge is 0.344 e. The number of H-pyrrole nitrogens is 1. The number of nitrogens with one attached hydrogen (secondary N) is 1. The van der Waals surface area contributed by atoms with Crippen LogP contribution in [0.4, 0.5) is 0 Å². The Morgan fingerprint density at radius 2 is 1.95 bits per heavy atom. The van der Waals surface area contributed by atoms with E-state index < -0.39 is 0 Å². The van der Waals surface area contributed by atoms with E-state index >= 15 is 0 Å². The smallest absolute Gasteiger partial charge is 0.261 e. The molecule has 0 spiro atoms. The van der Waals surface area contributed by atoms with Crippen LogP contribution in [0.1, 0.15) is 53.6 Å². The first-order valence-corrected chi connectivity index (χ1v) is 14.8. The number of hydrogen-bond donors (Lipinski definition) is 1. The van der Waals surface area contributed by atoms with Crippen molar-refractivity contribution in [1.29, 1.82) is 0 Å². The molecule has 1 atom stereocenters. The quantitative estimate of drug-likeness (QED) is 0.243. The molecule has 0 fully saturated rings. The average molecular weight is 634 g/mol. The number of amides is 1. The summed E-state index contributed by atoms with van der Waals surface area (Å²) in [5.41, 5.74) is 7.22. The lowest BCUT2D eigenvalue weighted by atomic mass is 9.98. The Labute approximate surface area is 251 Å². The minimum atomic E-state index is -0.188. The van der Waals surface area contributed by atoms with E-state index in [9.17, 15) is 9.59 Å². The van der Waals surface area contributed by atoms with Gasteiger partial charge in [-0.25, -0.2) is 9.50 Å². The predicted octanol–water partition coefficient (Wildman–Crippen LogP) is 6.39. The van der Waals surface area contributed by atoms with Gasteiger partial charge in [-0.05, 0) is 84.4 Å². The third kappa shape index (κ3) is 4.81. The second kappa shape index (κ2) is 10.6. The van der Waals surface area contributed by atoms with Gasteiger partial charge in [0.1, 0.15) is 5.65 Å². The van der Waals surface area contributed by atoms with Gasteiger partial charge in [-0.2, -0.15) is 5.10 Å². The third-order valence-corrected chi connectivity index (χ3v) is 8.98. The molecule has 1 aliphatic heterocycles. The summed E-state index contributed by atoms with van der Waals surface area (Å²) in [6.07, 6.45) is 4.72. The van der Waals surface area contributed by atoms with Crippen LogP contribution in [0.5, 0.6) is 0 Å². The molecule has 210 valence electrons. The van der Waals surface area contributed by atoms with Crippen LogP contribution in [-0.4, -0.2) is 41.0 Å². The fraction of sp³-hybridized carbons (Fsp3) is 0.290. The Hall–Kier alpha value is -3.69. The number of imidazole rings is 1. The summed E-state index contributed by atoms with van der Waals surface area (Å²) in [7, 11) is 0. The van der Waals surface area contributed by atoms with Gasteiger partial charge in [-0.3, -0.25) is 14.2 Å². The lowest BCUT2D eigenvalue weighted by Gasteiger charge is -2.35. The van der Waals surface area contributed by atoms with Crippen LogP contribution in [0.3, 0.4) is 0 Å². The molecule has 6 rings (SSSR count). The van der Waals surface area contributed by atoms with Crippen LogP contribution in [0.25, 0.3) is 22.6 Å². The molecule has 0 saturated carbocycles. The highest BCUT2D eigenvalue weighted by atomic mass is 79.9. The van der Waals surface area contributed by atoms with Crippen molar-refractivity contribution < 1.29 is 4.79 Å². The molecule has 0 radical (unpaired) electrons. The van der Waals surface area contributed by atoms with Gasteiger partial charge in [0.25, 0.3) is 11.5 Å². The zero-order chi connectivity index (χ0) is 29.0. The first kappa shape index (κ1) is 27.5. The van der Waals surface area contributed by atoms with Crippen LogP contribution in [0, 0.1) is 12.8 Å². The maximum absolute atomic E-state index is 14.3. The molecule has 1 amide bonds. The maximum atomic E-state index is 14.3. The number of aromatic amines is 1. The molecular formula is C31H30BrClN6O2. The van der Waals surface area contributed by atoms with Gasteiger partial charge in [0, 0.05) is 27.2 Å². The summed E-state index contributed by atoms with van der Waals surface area (Å²) in [6, 6.07) is 13.0. The van der Waals surface area contributed by atoms with E-state index in [4.69, 9.17) is 16.7 Å². The van der Waals surface area contributed by atoms with E-state index in [1.807, 2.05) is 48.8 Å². The summed E-state index contributed by atoms with van der Waals surface area (Å²) in [5, 5.41) is 5.25. The Morgan fingerprint density at radius 1 is 1.20 bits per heavy atom. The average Bonchev–Trinajstić information content (AvgIpc) is 3.56. The molecule has 3 aromatic heterocycles. The highest BCUT2D eigenvalue weighted by Crippen LogP contribution is 2.30. The summed E-state index contributed by atoms with van der Waals surface area (Å²) in [6.45, 7) is 8.51. The summed E-state index contributed by atoms with van der Waals surface area (Å²) in [4.78, 5) is 37.2. The van der Waals surface area contributed by atoms with Gasteiger partial charge in [0.2, 0.25) is 0 Å². The number of rotatable bonds is 5. The van der Waals surface area contributed by atoms with E-state index in [2.05, 4.69) is 39.7 Å². The van der Waals surface area contributed by atoms with Gasteiger partial charge >= 0.3 is 0 Å². The van der Waals surface area contributed by atoms with E-state index in [1.165, 1.54) is 0 Å². The Balaban J connectivity index is 1.49. The fourth-order valence-corrected chi connectivity index (χ4v) is 6.13. The van der Waals surface area contributed by atoms with E-state index in [-0.39, 0.29) is 24.1 Å². The molecule has 5 aromatic rings. The van der Waals surface area contributed by atoms with E-state index in [1.54, 1.807) is 34.0 Å². The number of benzene rings is 2. The van der Waals surface area contributed by atoms with Gasteiger partial charge in [-0.1, -0.05) is 37.6 Å². The van der Waals surface area contributed by atoms with Crippen molar-refractivity contribution in [2.45, 2.75) is 53.1 Å². The molecule has 1 aliphatic rings. The number of nitrogens with zero attached hydrogens (tertiary/aromatic N) is 5. The van der Waals surface area contributed by atoms with Crippen LogP contribution < -0.4 is 5.56 Å². The van der Waals surface area contributed by atoms with E-state index in [0.717, 1.165) is 50.4 Å². The van der Waals surface area contributed by atoms with Crippen molar-refractivity contribution in [3.63, 3.8) is 0 Å². The topological polar surface area (TPSA) is 88.3 Å². The normalized spacial score (nSPS) is 15.1. The first-order chi connectivity index (χ1) is 19.6. The highest BCUT2D eigenvalue weighted by molar-refractivity contribution is 9.10. The molecule has 2 aromatic carbocycles. The number of carbonyl (C=O) groups is 1. The summed E-state index contributed by atoms with van der Waals surface area (Å²) < 4.78 is 4.38. The van der Waals surface area contributed by atoms with Gasteiger partial charge in [0.05, 0.1) is 46.9 Å². The van der Waals surface area contributed by atoms with Crippen LogP contribution >= 0.6 is 27.5 Å². The summed E-state index contributed by atoms with van der Waals surface area (Å²) >= 11 is 9.69. The second-order valence-corrected chi connectivity index (χ2v) is 12.4. The highest BCUT2D eigenvalue weighted by Gasteiger charge is 2.33. The molecule has 0 aliphatic carbocycles. The van der Waals surface area contributed by atoms with E-state index in [0.29, 0.717) is 28.5 Å². The number of aryl methyl sites for hydroxylation is 1. The van der Waals surface area contributed by atoms with Crippen LogP contribution in [0.15, 0.2) is 64.3 Å². The molecular weight excluding hydrogens is 604 g/mol. The maximum Gasteiger partial charge on any atom is 0.261 e. The molecule has 0 bridgehead atoms. The molecule has 10 heteroatoms. The molecule has 0 unspecified atom stereocenters. The third-order valence-electron chi connectivity index (χ3n) is 7.74. The number of carbonyl (C=O) groups excluding carboxylic acids is 1. The van der Waals surface area contributed by atoms with Crippen molar-refractivity contribution in [2.24, 2.45) is 5.92 Å². The van der Waals surface area contributed by atoms with Crippen molar-refractivity contribution in [2.75, 3.05) is 0 Å². The van der Waals surface area contributed by atoms with Gasteiger partial charge in [-0.15, -0.1) is 0 Å². The molecule has 0 saturated heterocycles. The van der Waals surface area contributed by atoms with Crippen LogP contribution in [-0.2, 0) is 19.4 Å². The summed E-state index contributed by atoms with van der Waals surface area (Å²) in [5.74, 6) is 0.239. The standard InChI is InChI=1S/C31H30BrClN6O2/c1-17(2)11-22-14-36-39-27-15-37(30(40)21-7-10-25(32)26(33)13-21)18(3)12-24(27)31(41)38(29(22)39)23-8-5-20(6-9-23)28-19(4)34-16-35-28/h5-10,13-14,16-18H,11-12,15H2,1-4H3,(H,34,35)/t18-/m0/s1. The van der Waals surface area contributed by atoms with Crippen molar-refractivity contribution >= 4 is 39.1 Å². The molecule has 41 heavy (non-hydrogen) atoms.